The Kier molecular flexibility index (Phi) is 5.32. The summed E-state index contributed by atoms with van der Waals surface area (Å²) in [6.07, 6.45) is 4.28. The van der Waals surface area contributed by atoms with Crippen molar-refractivity contribution in [3.8, 4) is 5.88 Å². The van der Waals surface area contributed by atoms with E-state index in [1.165, 1.54) is 0 Å². The normalized spacial score (nSPS) is 12.6. The molecule has 5 heteroatoms. The number of hydrogen-bond donors (Lipinski definition) is 1. The highest BCUT2D eigenvalue weighted by atomic mass is 35.5. The van der Waals surface area contributed by atoms with E-state index in [0.717, 1.165) is 12.2 Å². The van der Waals surface area contributed by atoms with Gasteiger partial charge < -0.3 is 10.1 Å². The zero-order valence-corrected chi connectivity index (χ0v) is 10.7. The van der Waals surface area contributed by atoms with E-state index in [2.05, 4.69) is 22.2 Å². The molecule has 0 radical (unpaired) electrons. The molecule has 1 atom stereocenters. The van der Waals surface area contributed by atoms with E-state index in [4.69, 9.17) is 16.3 Å². The van der Waals surface area contributed by atoms with Crippen LogP contribution in [0.25, 0.3) is 0 Å². The van der Waals surface area contributed by atoms with Crippen LogP contribution in [0.2, 0.25) is 0 Å². The number of nitrogens with zero attached hydrogens (tertiary/aromatic N) is 2. The minimum Gasteiger partial charge on any atom is -0.474 e. The zero-order valence-electron chi connectivity index (χ0n) is 9.90. The van der Waals surface area contributed by atoms with E-state index in [0.29, 0.717) is 11.8 Å². The molecule has 0 aromatic carbocycles. The van der Waals surface area contributed by atoms with Crippen molar-refractivity contribution in [2.45, 2.75) is 39.3 Å². The molecule has 0 aliphatic heterocycles. The first kappa shape index (κ1) is 13.0. The molecule has 0 saturated heterocycles. The maximum atomic E-state index is 5.66. The number of anilines is 1. The number of nitrogens with one attached hydrogen (secondary N) is 1. The summed E-state index contributed by atoms with van der Waals surface area (Å²) >= 11 is 5.66. The third kappa shape index (κ3) is 4.66. The minimum atomic E-state index is 0.102. The zero-order chi connectivity index (χ0) is 12.0. The predicted octanol–water partition coefficient (Wildman–Crippen LogP) is 2.69. The first-order valence-corrected chi connectivity index (χ1v) is 5.96. The highest BCUT2D eigenvalue weighted by Gasteiger charge is 2.05. The summed E-state index contributed by atoms with van der Waals surface area (Å²) in [5, 5.41) is 3.22. The molecule has 0 spiro atoms. The van der Waals surface area contributed by atoms with E-state index in [1.54, 1.807) is 12.4 Å². The molecule has 1 heterocycles. The lowest BCUT2D eigenvalue weighted by Crippen LogP contribution is -2.17. The predicted molar refractivity (Wildman–Crippen MR) is 66.2 cm³/mol. The van der Waals surface area contributed by atoms with Crippen molar-refractivity contribution >= 4 is 17.4 Å². The van der Waals surface area contributed by atoms with E-state index < -0.39 is 0 Å². The van der Waals surface area contributed by atoms with Gasteiger partial charge in [0.05, 0.1) is 18.5 Å². The lowest BCUT2D eigenvalue weighted by Gasteiger charge is -2.14. The molecule has 0 saturated carbocycles. The minimum absolute atomic E-state index is 0.102. The molecule has 0 bridgehead atoms. The number of aromatic nitrogens is 2. The van der Waals surface area contributed by atoms with Crippen LogP contribution in [0.4, 0.5) is 5.82 Å². The summed E-state index contributed by atoms with van der Waals surface area (Å²) in [6, 6.07) is 0.279. The monoisotopic (exact) mass is 243 g/mol. The lowest BCUT2D eigenvalue weighted by molar-refractivity contribution is 0.232. The molecule has 0 aliphatic rings. The van der Waals surface area contributed by atoms with Gasteiger partial charge in [-0.25, -0.2) is 0 Å². The second-order valence-corrected chi connectivity index (χ2v) is 4.31. The lowest BCUT2D eigenvalue weighted by atomic mass is 10.2. The Balaban J connectivity index is 2.59. The van der Waals surface area contributed by atoms with Crippen LogP contribution in [-0.4, -0.2) is 28.0 Å². The van der Waals surface area contributed by atoms with Gasteiger partial charge in [0.2, 0.25) is 5.88 Å². The Morgan fingerprint density at radius 2 is 2.12 bits per heavy atom. The van der Waals surface area contributed by atoms with Crippen molar-refractivity contribution in [2.24, 2.45) is 0 Å². The maximum absolute atomic E-state index is 5.66. The number of halogens is 1. The fraction of sp³-hybridized carbons (Fsp3) is 0.636. The Morgan fingerprint density at radius 3 is 2.75 bits per heavy atom. The van der Waals surface area contributed by atoms with Gasteiger partial charge in [-0.2, -0.15) is 4.98 Å². The highest BCUT2D eigenvalue weighted by Crippen LogP contribution is 2.12. The van der Waals surface area contributed by atoms with Crippen LogP contribution < -0.4 is 10.1 Å². The van der Waals surface area contributed by atoms with Crippen LogP contribution in [0.15, 0.2) is 12.4 Å². The summed E-state index contributed by atoms with van der Waals surface area (Å²) in [5.41, 5.74) is 0. The van der Waals surface area contributed by atoms with Gasteiger partial charge in [-0.15, -0.1) is 11.6 Å². The van der Waals surface area contributed by atoms with Crippen LogP contribution in [0.3, 0.4) is 0 Å². The van der Waals surface area contributed by atoms with Crippen LogP contribution in [0.5, 0.6) is 5.88 Å². The van der Waals surface area contributed by atoms with Crippen molar-refractivity contribution in [1.82, 2.24) is 9.97 Å². The highest BCUT2D eigenvalue weighted by molar-refractivity contribution is 6.17. The van der Waals surface area contributed by atoms with E-state index >= 15 is 0 Å². The molecule has 0 amide bonds. The quantitative estimate of drug-likeness (QED) is 0.781. The summed E-state index contributed by atoms with van der Waals surface area (Å²) in [4.78, 5) is 8.36. The van der Waals surface area contributed by atoms with Gasteiger partial charge in [-0.05, 0) is 27.2 Å². The number of rotatable bonds is 6. The molecule has 1 unspecified atom stereocenters. The molecule has 4 nitrogen and oxygen atoms in total. The van der Waals surface area contributed by atoms with E-state index in [1.807, 2.05) is 13.8 Å². The van der Waals surface area contributed by atoms with Crippen molar-refractivity contribution in [3.05, 3.63) is 12.4 Å². The molecule has 90 valence electrons. The molecular formula is C11H18ClN3O. The van der Waals surface area contributed by atoms with Crippen molar-refractivity contribution in [3.63, 3.8) is 0 Å². The summed E-state index contributed by atoms with van der Waals surface area (Å²) in [7, 11) is 0. The fourth-order valence-corrected chi connectivity index (χ4v) is 1.53. The Hall–Kier alpha value is -1.03. The van der Waals surface area contributed by atoms with Gasteiger partial charge in [0.15, 0.2) is 0 Å². The van der Waals surface area contributed by atoms with Crippen molar-refractivity contribution in [2.75, 3.05) is 11.2 Å². The second kappa shape index (κ2) is 6.53. The average Bonchev–Trinajstić information content (AvgIpc) is 2.17. The van der Waals surface area contributed by atoms with Crippen LogP contribution in [-0.2, 0) is 0 Å². The molecule has 16 heavy (non-hydrogen) atoms. The fourth-order valence-electron chi connectivity index (χ4n) is 1.20. The van der Waals surface area contributed by atoms with Crippen LogP contribution in [0.1, 0.15) is 27.2 Å². The molecule has 1 N–H and O–H groups in total. The Morgan fingerprint density at radius 1 is 1.38 bits per heavy atom. The molecule has 1 rings (SSSR count). The number of ether oxygens (including phenoxy) is 1. The Labute approximate surface area is 101 Å². The second-order valence-electron chi connectivity index (χ2n) is 3.93. The molecule has 1 aromatic heterocycles. The van der Waals surface area contributed by atoms with Gasteiger partial charge >= 0.3 is 0 Å². The van der Waals surface area contributed by atoms with Crippen molar-refractivity contribution < 1.29 is 4.74 Å². The standard InChI is InChI=1S/C11H18ClN3O/c1-8(2)16-11-7-13-6-10(15-11)14-9(3)4-5-12/h6-9H,4-5H2,1-3H3,(H,14,15). The van der Waals surface area contributed by atoms with Gasteiger partial charge in [-0.3, -0.25) is 4.98 Å². The third-order valence-electron chi connectivity index (χ3n) is 1.91. The van der Waals surface area contributed by atoms with E-state index in [-0.39, 0.29) is 12.1 Å². The first-order valence-electron chi connectivity index (χ1n) is 5.43. The summed E-state index contributed by atoms with van der Waals surface area (Å²) in [6.45, 7) is 5.97. The SMILES string of the molecule is CC(CCCl)Nc1cncc(OC(C)C)n1. The molecule has 0 aliphatic carbocycles. The largest absolute Gasteiger partial charge is 0.474 e. The summed E-state index contributed by atoms with van der Waals surface area (Å²) < 4.78 is 5.46. The van der Waals surface area contributed by atoms with Crippen molar-refractivity contribution in [1.29, 1.82) is 0 Å². The van der Waals surface area contributed by atoms with Crippen LogP contribution >= 0.6 is 11.6 Å². The first-order chi connectivity index (χ1) is 7.61. The van der Waals surface area contributed by atoms with Gasteiger partial charge in [0.1, 0.15) is 5.82 Å². The summed E-state index contributed by atoms with van der Waals surface area (Å²) in [5.74, 6) is 1.89. The van der Waals surface area contributed by atoms with Crippen LogP contribution in [0, 0.1) is 0 Å². The van der Waals surface area contributed by atoms with Gasteiger partial charge in [0, 0.05) is 11.9 Å². The number of hydrogen-bond acceptors (Lipinski definition) is 4. The third-order valence-corrected chi connectivity index (χ3v) is 2.12. The maximum Gasteiger partial charge on any atom is 0.234 e. The smallest absolute Gasteiger partial charge is 0.234 e. The molecular weight excluding hydrogens is 226 g/mol. The average molecular weight is 244 g/mol. The Bertz CT molecular complexity index is 320. The molecule has 1 aromatic rings. The van der Waals surface area contributed by atoms with Gasteiger partial charge in [-0.1, -0.05) is 0 Å². The topological polar surface area (TPSA) is 47.0 Å². The van der Waals surface area contributed by atoms with E-state index in [9.17, 15) is 0 Å². The van der Waals surface area contributed by atoms with Gasteiger partial charge in [0.25, 0.3) is 0 Å². The molecule has 0 fully saturated rings. The number of alkyl halides is 1.